The molecule has 1 aliphatic heterocycles. The third-order valence-electron chi connectivity index (χ3n) is 6.68. The molecule has 1 aliphatic rings. The predicted molar refractivity (Wildman–Crippen MR) is 136 cm³/mol. The van der Waals surface area contributed by atoms with E-state index in [2.05, 4.69) is 39.6 Å². The van der Waals surface area contributed by atoms with Gasteiger partial charge in [0.2, 0.25) is 11.6 Å². The summed E-state index contributed by atoms with van der Waals surface area (Å²) in [5.41, 5.74) is 2.43. The lowest BCUT2D eigenvalue weighted by Crippen LogP contribution is -2.53. The Morgan fingerprint density at radius 3 is 2.66 bits per heavy atom. The van der Waals surface area contributed by atoms with E-state index < -0.39 is 0 Å². The number of aliphatic hydroxyl groups is 1. The summed E-state index contributed by atoms with van der Waals surface area (Å²) < 4.78 is 7.35. The minimum Gasteiger partial charge on any atom is -0.497 e. The van der Waals surface area contributed by atoms with E-state index in [0.29, 0.717) is 24.6 Å². The molecular weight excluding hydrogens is 446 g/mol. The summed E-state index contributed by atoms with van der Waals surface area (Å²) in [6.07, 6.45) is 2.95. The number of likely N-dealkylation sites (tertiary alicyclic amines) is 1. The van der Waals surface area contributed by atoms with Gasteiger partial charge in [-0.1, -0.05) is 13.8 Å². The van der Waals surface area contributed by atoms with Crippen molar-refractivity contribution in [3.63, 3.8) is 0 Å². The van der Waals surface area contributed by atoms with Crippen LogP contribution in [-0.2, 0) is 4.79 Å². The number of unbranched alkanes of at least 4 members (excludes halogenated alkanes) is 1. The van der Waals surface area contributed by atoms with Gasteiger partial charge in [0.1, 0.15) is 11.6 Å². The first-order valence-corrected chi connectivity index (χ1v) is 12.5. The van der Waals surface area contributed by atoms with E-state index in [1.54, 1.807) is 7.11 Å². The second kappa shape index (κ2) is 11.2. The fourth-order valence-electron chi connectivity index (χ4n) is 4.83. The number of rotatable bonds is 10. The van der Waals surface area contributed by atoms with E-state index in [9.17, 15) is 9.90 Å². The van der Waals surface area contributed by atoms with Gasteiger partial charge < -0.3 is 20.5 Å². The van der Waals surface area contributed by atoms with E-state index in [4.69, 9.17) is 9.72 Å². The van der Waals surface area contributed by atoms with Crippen LogP contribution in [0.5, 0.6) is 5.75 Å². The molecule has 190 valence electrons. The molecule has 1 fully saturated rings. The number of anilines is 1. The molecule has 0 radical (unpaired) electrons. The Bertz CT molecular complexity index is 1150. The Kier molecular flexibility index (Phi) is 8.02. The number of benzene rings is 1. The Labute approximate surface area is 206 Å². The SMILES string of the molecule is COc1ccc2c(c1)nc(NCCCCNC(=O)C(C(C)C)N1CCC(O)CC1)c1nnc(C)n12. The van der Waals surface area contributed by atoms with Gasteiger partial charge in [-0.15, -0.1) is 10.2 Å². The Morgan fingerprint density at radius 1 is 1.20 bits per heavy atom. The smallest absolute Gasteiger partial charge is 0.237 e. The summed E-state index contributed by atoms with van der Waals surface area (Å²) in [6, 6.07) is 5.63. The van der Waals surface area contributed by atoms with Gasteiger partial charge in [0.25, 0.3) is 0 Å². The average Bonchev–Trinajstić information content (AvgIpc) is 3.24. The number of aliphatic hydroxyl groups excluding tert-OH is 1. The maximum atomic E-state index is 12.9. The summed E-state index contributed by atoms with van der Waals surface area (Å²) in [7, 11) is 1.64. The molecule has 0 spiro atoms. The minimum absolute atomic E-state index is 0.0788. The van der Waals surface area contributed by atoms with Crippen molar-refractivity contribution < 1.29 is 14.6 Å². The monoisotopic (exact) mass is 483 g/mol. The van der Waals surface area contributed by atoms with Crippen LogP contribution in [-0.4, -0.2) is 80.9 Å². The van der Waals surface area contributed by atoms with Gasteiger partial charge in [0.15, 0.2) is 5.82 Å². The van der Waals surface area contributed by atoms with Gasteiger partial charge in [-0.2, -0.15) is 0 Å². The van der Waals surface area contributed by atoms with Crippen LogP contribution in [0.1, 0.15) is 45.4 Å². The average molecular weight is 484 g/mol. The number of methoxy groups -OCH3 is 1. The highest BCUT2D eigenvalue weighted by atomic mass is 16.5. The van der Waals surface area contributed by atoms with Crippen molar-refractivity contribution in [2.75, 3.05) is 38.6 Å². The molecule has 10 heteroatoms. The molecule has 0 saturated carbocycles. The van der Waals surface area contributed by atoms with Crippen molar-refractivity contribution in [1.82, 2.24) is 29.8 Å². The van der Waals surface area contributed by atoms with Crippen molar-refractivity contribution in [2.24, 2.45) is 5.92 Å². The van der Waals surface area contributed by atoms with Gasteiger partial charge >= 0.3 is 0 Å². The van der Waals surface area contributed by atoms with Crippen LogP contribution in [0, 0.1) is 12.8 Å². The molecule has 1 aromatic carbocycles. The van der Waals surface area contributed by atoms with Crippen molar-refractivity contribution in [3.8, 4) is 5.75 Å². The number of ether oxygens (including phenoxy) is 1. The number of hydrogen-bond acceptors (Lipinski definition) is 8. The second-order valence-corrected chi connectivity index (χ2v) is 9.60. The molecule has 3 aromatic rings. The topological polar surface area (TPSA) is 117 Å². The van der Waals surface area contributed by atoms with Crippen LogP contribution >= 0.6 is 0 Å². The summed E-state index contributed by atoms with van der Waals surface area (Å²) in [5.74, 6) is 2.53. The lowest BCUT2D eigenvalue weighted by Gasteiger charge is -2.37. The molecular formula is C25H37N7O3. The van der Waals surface area contributed by atoms with E-state index in [1.807, 2.05) is 29.5 Å². The first-order valence-electron chi connectivity index (χ1n) is 12.5. The number of aryl methyl sites for hydroxylation is 1. The number of carbonyl (C=O) groups is 1. The Morgan fingerprint density at radius 2 is 1.94 bits per heavy atom. The van der Waals surface area contributed by atoms with Crippen LogP contribution in [0.25, 0.3) is 16.7 Å². The fourth-order valence-corrected chi connectivity index (χ4v) is 4.83. The third kappa shape index (κ3) is 5.65. The molecule has 3 N–H and O–H groups in total. The fraction of sp³-hybridized carbons (Fsp3) is 0.600. The number of amides is 1. The van der Waals surface area contributed by atoms with Crippen LogP contribution in [0.3, 0.4) is 0 Å². The zero-order valence-corrected chi connectivity index (χ0v) is 21.1. The van der Waals surface area contributed by atoms with Crippen molar-refractivity contribution in [2.45, 2.75) is 58.6 Å². The quantitative estimate of drug-likeness (QED) is 0.377. The number of piperidine rings is 1. The van der Waals surface area contributed by atoms with E-state index >= 15 is 0 Å². The second-order valence-electron chi connectivity index (χ2n) is 9.60. The Hall–Kier alpha value is -2.98. The van der Waals surface area contributed by atoms with Crippen molar-refractivity contribution >= 4 is 28.4 Å². The Balaban J connectivity index is 1.31. The number of nitrogens with zero attached hydrogens (tertiary/aromatic N) is 5. The van der Waals surface area contributed by atoms with E-state index in [-0.39, 0.29) is 24.0 Å². The molecule has 0 aliphatic carbocycles. The minimum atomic E-state index is -0.239. The maximum absolute atomic E-state index is 12.9. The van der Waals surface area contributed by atoms with Gasteiger partial charge in [-0.05, 0) is 50.7 Å². The number of carbonyl (C=O) groups excluding carboxylic acids is 1. The molecule has 1 amide bonds. The standard InChI is InChI=1S/C25H37N7O3/c1-16(2)22(31-13-9-18(33)10-14-31)25(34)27-12-6-5-11-26-23-24-30-29-17(3)32(24)21-8-7-19(35-4)15-20(21)28-23/h7-8,15-16,18,22,33H,5-6,9-14H2,1-4H3,(H,26,28)(H,27,34). The highest BCUT2D eigenvalue weighted by Crippen LogP contribution is 2.25. The number of nitrogens with one attached hydrogen (secondary N) is 2. The number of hydrogen-bond donors (Lipinski definition) is 3. The van der Waals surface area contributed by atoms with Crippen LogP contribution in [0.15, 0.2) is 18.2 Å². The number of fused-ring (bicyclic) bond motifs is 3. The van der Waals surface area contributed by atoms with E-state index in [1.165, 1.54) is 0 Å². The molecule has 1 atom stereocenters. The largest absolute Gasteiger partial charge is 0.497 e. The van der Waals surface area contributed by atoms with Gasteiger partial charge in [0, 0.05) is 32.2 Å². The summed E-state index contributed by atoms with van der Waals surface area (Å²) in [6.45, 7) is 8.95. The van der Waals surface area contributed by atoms with Gasteiger partial charge in [-0.25, -0.2) is 4.98 Å². The first kappa shape index (κ1) is 25.1. The molecule has 3 heterocycles. The number of aromatic nitrogens is 4. The third-order valence-corrected chi connectivity index (χ3v) is 6.68. The maximum Gasteiger partial charge on any atom is 0.237 e. The highest BCUT2D eigenvalue weighted by Gasteiger charge is 2.31. The van der Waals surface area contributed by atoms with E-state index in [0.717, 1.165) is 61.4 Å². The summed E-state index contributed by atoms with van der Waals surface area (Å²) >= 11 is 0. The van der Waals surface area contributed by atoms with Crippen molar-refractivity contribution in [3.05, 3.63) is 24.0 Å². The molecule has 4 rings (SSSR count). The summed E-state index contributed by atoms with van der Waals surface area (Å²) in [4.78, 5) is 19.8. The molecule has 2 aromatic heterocycles. The predicted octanol–water partition coefficient (Wildman–Crippen LogP) is 2.38. The van der Waals surface area contributed by atoms with Crippen LogP contribution in [0.2, 0.25) is 0 Å². The summed E-state index contributed by atoms with van der Waals surface area (Å²) in [5, 5.41) is 24.8. The zero-order valence-electron chi connectivity index (χ0n) is 21.1. The van der Waals surface area contributed by atoms with Gasteiger partial charge in [0.05, 0.1) is 30.3 Å². The molecule has 0 bridgehead atoms. The lowest BCUT2D eigenvalue weighted by atomic mass is 9.97. The molecule has 35 heavy (non-hydrogen) atoms. The first-order chi connectivity index (χ1) is 16.9. The highest BCUT2D eigenvalue weighted by molar-refractivity contribution is 5.84. The molecule has 10 nitrogen and oxygen atoms in total. The zero-order chi connectivity index (χ0) is 24.9. The normalized spacial score (nSPS) is 16.2. The van der Waals surface area contributed by atoms with Crippen LogP contribution < -0.4 is 15.4 Å². The molecule has 1 saturated heterocycles. The molecule has 1 unspecified atom stereocenters. The van der Waals surface area contributed by atoms with Gasteiger partial charge in [-0.3, -0.25) is 14.1 Å². The van der Waals surface area contributed by atoms with Crippen molar-refractivity contribution in [1.29, 1.82) is 0 Å². The lowest BCUT2D eigenvalue weighted by molar-refractivity contribution is -0.129. The van der Waals surface area contributed by atoms with Crippen LogP contribution in [0.4, 0.5) is 5.82 Å².